The highest BCUT2D eigenvalue weighted by Crippen LogP contribution is 2.30. The molecular weight excluding hydrogens is 216 g/mol. The fourth-order valence-electron chi connectivity index (χ4n) is 1.96. The fraction of sp³-hybridized carbons (Fsp3) is 0.800. The number of nitrogens with zero attached hydrogens (tertiary/aromatic N) is 3. The van der Waals surface area contributed by atoms with E-state index >= 15 is 0 Å². The zero-order valence-corrected chi connectivity index (χ0v) is 8.94. The molecule has 16 heavy (non-hydrogen) atoms. The smallest absolute Gasteiger partial charge is 0.282 e. The number of aromatic nitrogens is 3. The molecule has 2 rings (SSSR count). The lowest BCUT2D eigenvalue weighted by Crippen LogP contribution is -2.16. The van der Waals surface area contributed by atoms with Crippen molar-refractivity contribution < 1.29 is 13.9 Å². The number of aryl methyl sites for hydroxylation is 1. The molecule has 6 heteroatoms. The highest BCUT2D eigenvalue weighted by molar-refractivity contribution is 5.10. The van der Waals surface area contributed by atoms with E-state index in [-0.39, 0.29) is 11.4 Å². The lowest BCUT2D eigenvalue weighted by molar-refractivity contribution is 0.133. The van der Waals surface area contributed by atoms with E-state index in [0.29, 0.717) is 12.5 Å². The molecule has 0 aromatic carbocycles. The van der Waals surface area contributed by atoms with Crippen molar-refractivity contribution in [2.45, 2.75) is 45.3 Å². The number of rotatable bonds is 5. The maximum absolute atomic E-state index is 12.7. The summed E-state index contributed by atoms with van der Waals surface area (Å²) in [6, 6.07) is 0. The van der Waals surface area contributed by atoms with Crippen molar-refractivity contribution in [3.63, 3.8) is 0 Å². The second-order valence-electron chi connectivity index (χ2n) is 4.19. The summed E-state index contributed by atoms with van der Waals surface area (Å²) < 4.78 is 26.7. The summed E-state index contributed by atoms with van der Waals surface area (Å²) >= 11 is 0. The molecule has 0 saturated heterocycles. The molecule has 0 unspecified atom stereocenters. The molecule has 1 aromatic rings. The number of alkyl halides is 2. The van der Waals surface area contributed by atoms with Crippen LogP contribution in [0.4, 0.5) is 8.78 Å². The molecule has 1 N–H and O–H groups in total. The van der Waals surface area contributed by atoms with Crippen LogP contribution in [0.15, 0.2) is 0 Å². The van der Waals surface area contributed by atoms with Crippen molar-refractivity contribution in [3.05, 3.63) is 11.4 Å². The van der Waals surface area contributed by atoms with Crippen LogP contribution >= 0.6 is 0 Å². The summed E-state index contributed by atoms with van der Waals surface area (Å²) in [5.41, 5.74) is -0.245. The Morgan fingerprint density at radius 1 is 1.44 bits per heavy atom. The Morgan fingerprint density at radius 2 is 2.19 bits per heavy atom. The molecule has 90 valence electrons. The van der Waals surface area contributed by atoms with Gasteiger partial charge in [-0.05, 0) is 12.3 Å². The standard InChI is InChI=1S/C10H15F2N3O/c11-10(12)9-8(6-16)13-14-15(9)5-4-7-2-1-3-7/h7,10,16H,1-6H2. The van der Waals surface area contributed by atoms with E-state index in [4.69, 9.17) is 5.11 Å². The minimum absolute atomic E-state index is 0.0105. The fourth-order valence-corrected chi connectivity index (χ4v) is 1.96. The second-order valence-corrected chi connectivity index (χ2v) is 4.19. The summed E-state index contributed by atoms with van der Waals surface area (Å²) in [4.78, 5) is 0. The van der Waals surface area contributed by atoms with Gasteiger partial charge in [0.15, 0.2) is 0 Å². The van der Waals surface area contributed by atoms with Gasteiger partial charge in [0, 0.05) is 6.54 Å². The SMILES string of the molecule is OCc1nnn(CCC2CCC2)c1C(F)F. The third-order valence-corrected chi connectivity index (χ3v) is 3.18. The van der Waals surface area contributed by atoms with Crippen molar-refractivity contribution in [1.29, 1.82) is 0 Å². The first-order valence-corrected chi connectivity index (χ1v) is 5.53. The van der Waals surface area contributed by atoms with Crippen LogP contribution in [-0.2, 0) is 13.2 Å². The minimum atomic E-state index is -2.63. The van der Waals surface area contributed by atoms with E-state index < -0.39 is 13.0 Å². The quantitative estimate of drug-likeness (QED) is 0.842. The van der Waals surface area contributed by atoms with Crippen molar-refractivity contribution in [2.75, 3.05) is 0 Å². The topological polar surface area (TPSA) is 50.9 Å². The summed E-state index contributed by atoms with van der Waals surface area (Å²) in [7, 11) is 0. The van der Waals surface area contributed by atoms with Crippen molar-refractivity contribution >= 4 is 0 Å². The number of aliphatic hydroxyl groups excluding tert-OH is 1. The monoisotopic (exact) mass is 231 g/mol. The summed E-state index contributed by atoms with van der Waals surface area (Å²) in [5.74, 6) is 0.646. The number of hydrogen-bond donors (Lipinski definition) is 1. The number of halogens is 2. The summed E-state index contributed by atoms with van der Waals surface area (Å²) in [5, 5.41) is 16.1. The van der Waals surface area contributed by atoms with E-state index in [9.17, 15) is 8.78 Å². The van der Waals surface area contributed by atoms with Crippen molar-refractivity contribution in [3.8, 4) is 0 Å². The summed E-state index contributed by atoms with van der Waals surface area (Å²) in [6.45, 7) is -0.0135. The van der Waals surface area contributed by atoms with E-state index in [0.717, 1.165) is 6.42 Å². The van der Waals surface area contributed by atoms with E-state index in [1.807, 2.05) is 0 Å². The molecule has 1 aliphatic rings. The second kappa shape index (κ2) is 4.86. The molecule has 0 bridgehead atoms. The van der Waals surface area contributed by atoms with Gasteiger partial charge in [-0.15, -0.1) is 5.10 Å². The highest BCUT2D eigenvalue weighted by atomic mass is 19.3. The largest absolute Gasteiger partial charge is 0.390 e. The Bertz CT molecular complexity index is 350. The molecule has 0 spiro atoms. The van der Waals surface area contributed by atoms with Gasteiger partial charge >= 0.3 is 0 Å². The van der Waals surface area contributed by atoms with Gasteiger partial charge in [0.2, 0.25) is 0 Å². The van der Waals surface area contributed by atoms with Crippen LogP contribution in [0.3, 0.4) is 0 Å². The third kappa shape index (κ3) is 2.21. The van der Waals surface area contributed by atoms with Crippen LogP contribution in [0.5, 0.6) is 0 Å². The van der Waals surface area contributed by atoms with Crippen LogP contribution in [-0.4, -0.2) is 20.1 Å². The van der Waals surface area contributed by atoms with E-state index in [2.05, 4.69) is 10.3 Å². The molecule has 0 aliphatic heterocycles. The predicted molar refractivity (Wildman–Crippen MR) is 52.9 cm³/mol. The molecule has 0 amide bonds. The van der Waals surface area contributed by atoms with Crippen molar-refractivity contribution in [1.82, 2.24) is 15.0 Å². The van der Waals surface area contributed by atoms with E-state index in [1.54, 1.807) is 0 Å². The lowest BCUT2D eigenvalue weighted by Gasteiger charge is -2.25. The molecule has 0 atom stereocenters. The molecule has 1 saturated carbocycles. The maximum Gasteiger partial charge on any atom is 0.282 e. The molecule has 0 radical (unpaired) electrons. The number of aliphatic hydroxyl groups is 1. The van der Waals surface area contributed by atoms with Crippen LogP contribution in [0.2, 0.25) is 0 Å². The van der Waals surface area contributed by atoms with Crippen LogP contribution in [0, 0.1) is 5.92 Å². The van der Waals surface area contributed by atoms with Gasteiger partial charge in [0.1, 0.15) is 11.4 Å². The van der Waals surface area contributed by atoms with Crippen LogP contribution in [0.1, 0.15) is 43.5 Å². The molecule has 4 nitrogen and oxygen atoms in total. The Morgan fingerprint density at radius 3 is 2.69 bits per heavy atom. The van der Waals surface area contributed by atoms with Gasteiger partial charge in [-0.2, -0.15) is 0 Å². The van der Waals surface area contributed by atoms with Gasteiger partial charge in [-0.3, -0.25) is 0 Å². The molecule has 1 aromatic heterocycles. The zero-order chi connectivity index (χ0) is 11.5. The molecular formula is C10H15F2N3O. The molecule has 1 fully saturated rings. The summed E-state index contributed by atoms with van der Waals surface area (Å²) in [6.07, 6.45) is 1.86. The minimum Gasteiger partial charge on any atom is -0.390 e. The lowest BCUT2D eigenvalue weighted by atomic mass is 9.83. The van der Waals surface area contributed by atoms with Gasteiger partial charge in [0.05, 0.1) is 6.61 Å². The highest BCUT2D eigenvalue weighted by Gasteiger charge is 2.23. The van der Waals surface area contributed by atoms with Gasteiger partial charge in [0.25, 0.3) is 6.43 Å². The first-order chi connectivity index (χ1) is 7.72. The Kier molecular flexibility index (Phi) is 3.48. The average molecular weight is 231 g/mol. The third-order valence-electron chi connectivity index (χ3n) is 3.18. The van der Waals surface area contributed by atoms with Crippen LogP contribution in [0.25, 0.3) is 0 Å². The van der Waals surface area contributed by atoms with Crippen LogP contribution < -0.4 is 0 Å². The number of hydrogen-bond acceptors (Lipinski definition) is 3. The van der Waals surface area contributed by atoms with E-state index in [1.165, 1.54) is 23.9 Å². The van der Waals surface area contributed by atoms with Crippen molar-refractivity contribution in [2.24, 2.45) is 5.92 Å². The normalized spacial score (nSPS) is 16.8. The average Bonchev–Trinajstić information content (AvgIpc) is 2.58. The zero-order valence-electron chi connectivity index (χ0n) is 8.94. The first-order valence-electron chi connectivity index (χ1n) is 5.53. The van der Waals surface area contributed by atoms with Gasteiger partial charge in [-0.1, -0.05) is 24.5 Å². The van der Waals surface area contributed by atoms with Gasteiger partial charge < -0.3 is 5.11 Å². The Balaban J connectivity index is 2.03. The maximum atomic E-state index is 12.7. The Labute approximate surface area is 92.3 Å². The first kappa shape index (κ1) is 11.4. The predicted octanol–water partition coefficient (Wildman–Crippen LogP) is 1.90. The Hall–Kier alpha value is -1.04. The molecule has 1 aliphatic carbocycles. The van der Waals surface area contributed by atoms with Gasteiger partial charge in [-0.25, -0.2) is 13.5 Å². The molecule has 1 heterocycles.